The molecule has 1 aromatic carbocycles. The van der Waals surface area contributed by atoms with Crippen molar-refractivity contribution in [3.05, 3.63) is 57.8 Å². The molecule has 8 heteroatoms. The quantitative estimate of drug-likeness (QED) is 0.811. The second kappa shape index (κ2) is 5.91. The molecule has 0 radical (unpaired) electrons. The van der Waals surface area contributed by atoms with E-state index >= 15 is 0 Å². The van der Waals surface area contributed by atoms with Gasteiger partial charge in [0, 0.05) is 10.7 Å². The molecule has 0 saturated heterocycles. The molecule has 21 heavy (non-hydrogen) atoms. The van der Waals surface area contributed by atoms with Crippen molar-refractivity contribution in [3.8, 4) is 0 Å². The largest absolute Gasteiger partial charge is 0.416 e. The first-order valence-corrected chi connectivity index (χ1v) is 6.33. The fraction of sp³-hybridized carbons (Fsp3) is 0.0769. The molecule has 0 spiro atoms. The van der Waals surface area contributed by atoms with Gasteiger partial charge in [-0.05, 0) is 30.3 Å². The third-order valence-electron chi connectivity index (χ3n) is 2.43. The Balaban J connectivity index is 2.27. The lowest BCUT2D eigenvalue weighted by molar-refractivity contribution is -0.137. The van der Waals surface area contributed by atoms with Gasteiger partial charge in [-0.3, -0.25) is 4.79 Å². The number of carbonyl (C=O) groups is 1. The number of nitrogens with zero attached hydrogens (tertiary/aromatic N) is 1. The number of aromatic nitrogens is 1. The standard InChI is InChI=1S/C13H7Cl2F3N2O/c14-8-4-7(13(16,17)18)5-9(6-8)19-12(21)10-2-1-3-11(15)20-10/h1-6H,(H,19,21). The Kier molecular flexibility index (Phi) is 4.39. The van der Waals surface area contributed by atoms with E-state index in [-0.39, 0.29) is 21.6 Å². The number of pyridine rings is 1. The highest BCUT2D eigenvalue weighted by atomic mass is 35.5. The van der Waals surface area contributed by atoms with Crippen molar-refractivity contribution in [3.63, 3.8) is 0 Å². The predicted molar refractivity (Wildman–Crippen MR) is 73.7 cm³/mol. The highest BCUT2D eigenvalue weighted by Gasteiger charge is 2.31. The van der Waals surface area contributed by atoms with Crippen molar-refractivity contribution in [2.24, 2.45) is 0 Å². The maximum absolute atomic E-state index is 12.7. The van der Waals surface area contributed by atoms with Crippen LogP contribution >= 0.6 is 23.2 Å². The molecular weight excluding hydrogens is 328 g/mol. The van der Waals surface area contributed by atoms with E-state index in [1.807, 2.05) is 0 Å². The topological polar surface area (TPSA) is 42.0 Å². The molecule has 3 nitrogen and oxygen atoms in total. The fourth-order valence-corrected chi connectivity index (χ4v) is 1.95. The van der Waals surface area contributed by atoms with E-state index in [1.54, 1.807) is 0 Å². The van der Waals surface area contributed by atoms with Crippen LogP contribution < -0.4 is 5.32 Å². The maximum Gasteiger partial charge on any atom is 0.416 e. The minimum atomic E-state index is -4.56. The second-order valence-corrected chi connectivity index (χ2v) is 4.85. The Labute approximate surface area is 127 Å². The van der Waals surface area contributed by atoms with Crippen molar-refractivity contribution in [1.82, 2.24) is 4.98 Å². The number of rotatable bonds is 2. The maximum atomic E-state index is 12.7. The molecule has 1 aromatic heterocycles. The number of hydrogen-bond acceptors (Lipinski definition) is 2. The number of carbonyl (C=O) groups excluding carboxylic acids is 1. The second-order valence-electron chi connectivity index (χ2n) is 4.03. The Morgan fingerprint density at radius 1 is 1.14 bits per heavy atom. The van der Waals surface area contributed by atoms with Crippen LogP contribution in [0.15, 0.2) is 36.4 Å². The highest BCUT2D eigenvalue weighted by Crippen LogP contribution is 2.33. The zero-order chi connectivity index (χ0) is 15.6. The van der Waals surface area contributed by atoms with Crippen molar-refractivity contribution in [1.29, 1.82) is 0 Å². The number of nitrogens with one attached hydrogen (secondary N) is 1. The molecule has 0 bridgehead atoms. The number of halogens is 5. The van der Waals surface area contributed by atoms with Crippen LogP contribution in [0.3, 0.4) is 0 Å². The molecule has 0 aliphatic carbocycles. The first-order valence-electron chi connectivity index (χ1n) is 5.57. The van der Waals surface area contributed by atoms with Gasteiger partial charge in [0.15, 0.2) is 0 Å². The lowest BCUT2D eigenvalue weighted by atomic mass is 10.2. The van der Waals surface area contributed by atoms with E-state index in [1.165, 1.54) is 24.3 Å². The van der Waals surface area contributed by atoms with Crippen molar-refractivity contribution >= 4 is 34.8 Å². The van der Waals surface area contributed by atoms with Crippen LogP contribution in [0.2, 0.25) is 10.2 Å². The van der Waals surface area contributed by atoms with E-state index in [4.69, 9.17) is 23.2 Å². The van der Waals surface area contributed by atoms with E-state index in [2.05, 4.69) is 10.3 Å². The van der Waals surface area contributed by atoms with Gasteiger partial charge in [-0.25, -0.2) is 4.98 Å². The Morgan fingerprint density at radius 3 is 2.48 bits per heavy atom. The molecule has 1 amide bonds. The summed E-state index contributed by atoms with van der Waals surface area (Å²) in [4.78, 5) is 15.6. The number of alkyl halides is 3. The fourth-order valence-electron chi connectivity index (χ4n) is 1.56. The van der Waals surface area contributed by atoms with Gasteiger partial charge in [0.1, 0.15) is 10.8 Å². The van der Waals surface area contributed by atoms with Gasteiger partial charge in [0.2, 0.25) is 0 Å². The highest BCUT2D eigenvalue weighted by molar-refractivity contribution is 6.31. The summed E-state index contributed by atoms with van der Waals surface area (Å²) in [7, 11) is 0. The monoisotopic (exact) mass is 334 g/mol. The van der Waals surface area contributed by atoms with Gasteiger partial charge in [0.05, 0.1) is 5.56 Å². The molecule has 110 valence electrons. The molecule has 0 unspecified atom stereocenters. The van der Waals surface area contributed by atoms with E-state index in [0.717, 1.165) is 12.1 Å². The molecule has 0 aliphatic rings. The lowest BCUT2D eigenvalue weighted by Crippen LogP contribution is -2.14. The van der Waals surface area contributed by atoms with E-state index in [0.29, 0.717) is 0 Å². The average Bonchev–Trinajstić information content (AvgIpc) is 2.37. The summed E-state index contributed by atoms with van der Waals surface area (Å²) in [5.41, 5.74) is -1.05. The number of anilines is 1. The van der Waals surface area contributed by atoms with Crippen molar-refractivity contribution in [2.75, 3.05) is 5.32 Å². The van der Waals surface area contributed by atoms with Crippen LogP contribution in [-0.4, -0.2) is 10.9 Å². The van der Waals surface area contributed by atoms with Gasteiger partial charge < -0.3 is 5.32 Å². The Hall–Kier alpha value is -1.79. The molecular formula is C13H7Cl2F3N2O. The van der Waals surface area contributed by atoms with Gasteiger partial charge in [-0.2, -0.15) is 13.2 Å². The minimum absolute atomic E-state index is 0.0176. The number of hydrogen-bond donors (Lipinski definition) is 1. The Morgan fingerprint density at radius 2 is 1.86 bits per heavy atom. The SMILES string of the molecule is O=C(Nc1cc(Cl)cc(C(F)(F)F)c1)c1cccc(Cl)n1. The van der Waals surface area contributed by atoms with Gasteiger partial charge >= 0.3 is 6.18 Å². The van der Waals surface area contributed by atoms with Crippen LogP contribution in [-0.2, 0) is 6.18 Å². The summed E-state index contributed by atoms with van der Waals surface area (Å²) >= 11 is 11.3. The van der Waals surface area contributed by atoms with Crippen LogP contribution in [0.25, 0.3) is 0 Å². The van der Waals surface area contributed by atoms with Crippen LogP contribution in [0.5, 0.6) is 0 Å². The smallest absolute Gasteiger partial charge is 0.321 e. The molecule has 2 rings (SSSR count). The number of amides is 1. The first kappa shape index (κ1) is 15.6. The van der Waals surface area contributed by atoms with Crippen molar-refractivity contribution in [2.45, 2.75) is 6.18 Å². The third-order valence-corrected chi connectivity index (χ3v) is 2.86. The summed E-state index contributed by atoms with van der Waals surface area (Å²) in [5, 5.41) is 2.26. The van der Waals surface area contributed by atoms with Gasteiger partial charge in [0.25, 0.3) is 5.91 Å². The first-order chi connectivity index (χ1) is 9.75. The van der Waals surface area contributed by atoms with Gasteiger partial charge in [-0.1, -0.05) is 29.3 Å². The predicted octanol–water partition coefficient (Wildman–Crippen LogP) is 4.66. The minimum Gasteiger partial charge on any atom is -0.321 e. The summed E-state index contributed by atoms with van der Waals surface area (Å²) in [6.45, 7) is 0. The molecule has 0 fully saturated rings. The van der Waals surface area contributed by atoms with Gasteiger partial charge in [-0.15, -0.1) is 0 Å². The van der Waals surface area contributed by atoms with Crippen LogP contribution in [0.4, 0.5) is 18.9 Å². The summed E-state index contributed by atoms with van der Waals surface area (Å²) in [6.07, 6.45) is -4.56. The lowest BCUT2D eigenvalue weighted by Gasteiger charge is -2.11. The normalized spacial score (nSPS) is 11.3. The average molecular weight is 335 g/mol. The Bertz CT molecular complexity index is 689. The van der Waals surface area contributed by atoms with E-state index in [9.17, 15) is 18.0 Å². The molecule has 1 N–H and O–H groups in total. The molecule has 0 atom stereocenters. The van der Waals surface area contributed by atoms with Crippen molar-refractivity contribution < 1.29 is 18.0 Å². The summed E-state index contributed by atoms with van der Waals surface area (Å²) in [5.74, 6) is -0.687. The zero-order valence-corrected chi connectivity index (χ0v) is 11.7. The molecule has 2 aromatic rings. The molecule has 1 heterocycles. The van der Waals surface area contributed by atoms with Crippen LogP contribution in [0.1, 0.15) is 16.1 Å². The van der Waals surface area contributed by atoms with E-state index < -0.39 is 17.6 Å². The summed E-state index contributed by atoms with van der Waals surface area (Å²) in [6, 6.07) is 7.13. The third kappa shape index (κ3) is 4.09. The molecule has 0 saturated carbocycles. The number of benzene rings is 1. The van der Waals surface area contributed by atoms with Crippen LogP contribution in [0, 0.1) is 0 Å². The summed E-state index contributed by atoms with van der Waals surface area (Å²) < 4.78 is 38.0. The molecule has 0 aliphatic heterocycles. The zero-order valence-electron chi connectivity index (χ0n) is 10.2.